The number of halogens is 1. The predicted molar refractivity (Wildman–Crippen MR) is 111 cm³/mol. The second-order valence-electron chi connectivity index (χ2n) is 7.14. The minimum absolute atomic E-state index is 0.0410. The first-order valence-corrected chi connectivity index (χ1v) is 9.78. The van der Waals surface area contributed by atoms with Gasteiger partial charge in [0.1, 0.15) is 11.6 Å². The number of carbonyl (C=O) groups excluding carboxylic acids is 1. The summed E-state index contributed by atoms with van der Waals surface area (Å²) < 4.78 is 19.5. The van der Waals surface area contributed by atoms with Crippen molar-refractivity contribution >= 4 is 23.2 Å². The summed E-state index contributed by atoms with van der Waals surface area (Å²) in [7, 11) is 0. The van der Waals surface area contributed by atoms with Crippen molar-refractivity contribution in [3.8, 4) is 11.5 Å². The average molecular weight is 399 g/mol. The Balaban J connectivity index is 1.57. The van der Waals surface area contributed by atoms with Gasteiger partial charge < -0.3 is 20.8 Å². The van der Waals surface area contributed by atoms with Gasteiger partial charge in [-0.3, -0.25) is 5.32 Å². The van der Waals surface area contributed by atoms with Crippen LogP contribution in [0.15, 0.2) is 36.5 Å². The van der Waals surface area contributed by atoms with Crippen LogP contribution in [0.2, 0.25) is 0 Å². The van der Waals surface area contributed by atoms with Gasteiger partial charge in [-0.15, -0.1) is 0 Å². The van der Waals surface area contributed by atoms with E-state index in [0.29, 0.717) is 30.3 Å². The number of anilines is 2. The molecule has 1 saturated heterocycles. The van der Waals surface area contributed by atoms with Gasteiger partial charge in [0.25, 0.3) is 0 Å². The van der Waals surface area contributed by atoms with E-state index < -0.39 is 5.82 Å². The fraction of sp³-hybridized carbons (Fsp3) is 0.381. The van der Waals surface area contributed by atoms with Crippen LogP contribution < -0.4 is 15.8 Å². The molecule has 0 atom stereocenters. The predicted octanol–water partition coefficient (Wildman–Crippen LogP) is 4.66. The Bertz CT molecular complexity index is 881. The number of piperidine rings is 1. The van der Waals surface area contributed by atoms with E-state index in [-0.39, 0.29) is 17.7 Å². The second kappa shape index (κ2) is 9.36. The zero-order valence-electron chi connectivity index (χ0n) is 16.5. The van der Waals surface area contributed by atoms with Crippen molar-refractivity contribution in [1.29, 1.82) is 5.41 Å². The normalized spacial score (nSPS) is 14.5. The standard InChI is InChI=1S/C21H26FN5O2/c1-2-3-18(24)14-7-10-27(11-8-14)21(28)26-20-13-16(6-9-25-20)29-19-5-4-15(23)12-17(19)22/h4-6,9,12-14,24H,2-3,7-8,10-11,23H2,1H3,(H,25,26,28). The molecule has 154 valence electrons. The number of pyridine rings is 1. The maximum Gasteiger partial charge on any atom is 0.323 e. The number of hydrogen-bond acceptors (Lipinski definition) is 5. The Hall–Kier alpha value is -3.16. The monoisotopic (exact) mass is 399 g/mol. The Kier molecular flexibility index (Phi) is 6.64. The van der Waals surface area contributed by atoms with Crippen LogP contribution >= 0.6 is 0 Å². The number of nitrogen functional groups attached to an aromatic ring is 1. The second-order valence-corrected chi connectivity index (χ2v) is 7.14. The molecular formula is C21H26FN5O2. The molecule has 0 saturated carbocycles. The van der Waals surface area contributed by atoms with Crippen LogP contribution in [-0.2, 0) is 0 Å². The van der Waals surface area contributed by atoms with E-state index in [4.69, 9.17) is 15.9 Å². The molecule has 4 N–H and O–H groups in total. The first-order chi connectivity index (χ1) is 14.0. The van der Waals surface area contributed by atoms with E-state index >= 15 is 0 Å². The molecule has 2 aromatic rings. The molecule has 1 fully saturated rings. The highest BCUT2D eigenvalue weighted by atomic mass is 19.1. The fourth-order valence-electron chi connectivity index (χ4n) is 3.36. The van der Waals surface area contributed by atoms with Crippen LogP contribution in [0.1, 0.15) is 32.6 Å². The van der Waals surface area contributed by atoms with Crippen LogP contribution in [0.5, 0.6) is 11.5 Å². The quantitative estimate of drug-likeness (QED) is 0.485. The zero-order chi connectivity index (χ0) is 20.8. The van der Waals surface area contributed by atoms with E-state index in [1.807, 2.05) is 0 Å². The van der Waals surface area contributed by atoms with E-state index in [1.165, 1.54) is 24.4 Å². The molecule has 0 bridgehead atoms. The number of nitrogens with two attached hydrogens (primary N) is 1. The minimum atomic E-state index is -0.566. The van der Waals surface area contributed by atoms with Crippen molar-refractivity contribution < 1.29 is 13.9 Å². The topological polar surface area (TPSA) is 104 Å². The summed E-state index contributed by atoms with van der Waals surface area (Å²) in [6.07, 6.45) is 4.89. The average Bonchev–Trinajstić information content (AvgIpc) is 2.71. The van der Waals surface area contributed by atoms with Gasteiger partial charge in [0, 0.05) is 42.8 Å². The first-order valence-electron chi connectivity index (χ1n) is 9.78. The molecule has 2 amide bonds. The lowest BCUT2D eigenvalue weighted by Gasteiger charge is -2.32. The van der Waals surface area contributed by atoms with Crippen molar-refractivity contribution in [3.05, 3.63) is 42.3 Å². The highest BCUT2D eigenvalue weighted by Crippen LogP contribution is 2.27. The largest absolute Gasteiger partial charge is 0.454 e. The lowest BCUT2D eigenvalue weighted by molar-refractivity contribution is 0.193. The summed E-state index contributed by atoms with van der Waals surface area (Å²) in [6, 6.07) is 7.06. The van der Waals surface area contributed by atoms with Gasteiger partial charge in [-0.2, -0.15) is 0 Å². The summed E-state index contributed by atoms with van der Waals surface area (Å²) in [5, 5.41) is 10.9. The smallest absolute Gasteiger partial charge is 0.323 e. The van der Waals surface area contributed by atoms with Crippen LogP contribution in [0, 0.1) is 17.1 Å². The van der Waals surface area contributed by atoms with Crippen LogP contribution in [0.3, 0.4) is 0 Å². The zero-order valence-corrected chi connectivity index (χ0v) is 16.5. The maximum absolute atomic E-state index is 13.9. The van der Waals surface area contributed by atoms with Gasteiger partial charge in [0.15, 0.2) is 11.6 Å². The fourth-order valence-corrected chi connectivity index (χ4v) is 3.36. The molecule has 1 aliphatic heterocycles. The Morgan fingerprint density at radius 2 is 2.10 bits per heavy atom. The number of carbonyl (C=O) groups is 1. The van der Waals surface area contributed by atoms with E-state index in [0.717, 1.165) is 31.4 Å². The Morgan fingerprint density at radius 1 is 1.34 bits per heavy atom. The maximum atomic E-state index is 13.9. The third kappa shape index (κ3) is 5.43. The molecular weight excluding hydrogens is 373 g/mol. The summed E-state index contributed by atoms with van der Waals surface area (Å²) >= 11 is 0. The van der Waals surface area contributed by atoms with Gasteiger partial charge in [-0.05, 0) is 43.4 Å². The van der Waals surface area contributed by atoms with Gasteiger partial charge >= 0.3 is 6.03 Å². The molecule has 29 heavy (non-hydrogen) atoms. The van der Waals surface area contributed by atoms with Gasteiger partial charge in [0.2, 0.25) is 0 Å². The van der Waals surface area contributed by atoms with E-state index in [9.17, 15) is 9.18 Å². The lowest BCUT2D eigenvalue weighted by atomic mass is 9.90. The van der Waals surface area contributed by atoms with Crippen molar-refractivity contribution in [1.82, 2.24) is 9.88 Å². The first kappa shape index (κ1) is 20.6. The van der Waals surface area contributed by atoms with Crippen LogP contribution in [0.25, 0.3) is 0 Å². The van der Waals surface area contributed by atoms with Gasteiger partial charge in [0.05, 0.1) is 0 Å². The third-order valence-corrected chi connectivity index (χ3v) is 4.94. The Labute approximate surface area is 169 Å². The number of ether oxygens (including phenoxy) is 1. The molecule has 2 heterocycles. The SMILES string of the molecule is CCCC(=N)C1CCN(C(=O)Nc2cc(Oc3ccc(N)cc3F)ccn2)CC1. The number of rotatable bonds is 6. The van der Waals surface area contributed by atoms with E-state index in [2.05, 4.69) is 17.2 Å². The number of urea groups is 1. The summed E-state index contributed by atoms with van der Waals surface area (Å²) in [6.45, 7) is 3.29. The van der Waals surface area contributed by atoms with Crippen molar-refractivity contribution in [3.63, 3.8) is 0 Å². The number of nitrogens with zero attached hydrogens (tertiary/aromatic N) is 2. The molecule has 1 aliphatic rings. The lowest BCUT2D eigenvalue weighted by Crippen LogP contribution is -2.42. The molecule has 0 aliphatic carbocycles. The number of aromatic nitrogens is 1. The number of amides is 2. The summed E-state index contributed by atoms with van der Waals surface area (Å²) in [4.78, 5) is 18.4. The summed E-state index contributed by atoms with van der Waals surface area (Å²) in [5.74, 6) is 0.418. The number of nitrogens with one attached hydrogen (secondary N) is 2. The van der Waals surface area contributed by atoms with Crippen molar-refractivity contribution in [2.75, 3.05) is 24.1 Å². The molecule has 3 rings (SSSR count). The molecule has 0 spiro atoms. The van der Waals surface area contributed by atoms with Crippen LogP contribution in [0.4, 0.5) is 20.7 Å². The van der Waals surface area contributed by atoms with E-state index in [1.54, 1.807) is 17.0 Å². The van der Waals surface area contributed by atoms with Crippen molar-refractivity contribution in [2.45, 2.75) is 32.6 Å². The van der Waals surface area contributed by atoms with Crippen LogP contribution in [-0.4, -0.2) is 34.7 Å². The summed E-state index contributed by atoms with van der Waals surface area (Å²) in [5.41, 5.74) is 6.64. The number of benzene rings is 1. The number of hydrogen-bond donors (Lipinski definition) is 3. The highest BCUT2D eigenvalue weighted by molar-refractivity contribution is 5.89. The molecule has 8 heteroatoms. The molecule has 7 nitrogen and oxygen atoms in total. The minimum Gasteiger partial charge on any atom is -0.454 e. The molecule has 1 aromatic carbocycles. The molecule has 0 unspecified atom stereocenters. The highest BCUT2D eigenvalue weighted by Gasteiger charge is 2.25. The van der Waals surface area contributed by atoms with Gasteiger partial charge in [-0.1, -0.05) is 13.3 Å². The van der Waals surface area contributed by atoms with Gasteiger partial charge in [-0.25, -0.2) is 14.2 Å². The van der Waals surface area contributed by atoms with Crippen molar-refractivity contribution in [2.24, 2.45) is 5.92 Å². The third-order valence-electron chi connectivity index (χ3n) is 4.94. The molecule has 1 aromatic heterocycles. The molecule has 0 radical (unpaired) electrons. The Morgan fingerprint density at radius 3 is 2.79 bits per heavy atom. The number of likely N-dealkylation sites (tertiary alicyclic amines) is 1.